The van der Waals surface area contributed by atoms with E-state index in [1.807, 2.05) is 12.5 Å². The summed E-state index contributed by atoms with van der Waals surface area (Å²) in [5, 5.41) is 3.46. The molecule has 3 rings (SSSR count). The molecule has 1 N–H and O–H groups in total. The van der Waals surface area contributed by atoms with Crippen LogP contribution in [-0.2, 0) is 10.2 Å². The van der Waals surface area contributed by atoms with Gasteiger partial charge in [0.15, 0.2) is 0 Å². The molecule has 94 valence electrons. The molecule has 1 atom stereocenters. The Balaban J connectivity index is 1.80. The van der Waals surface area contributed by atoms with Gasteiger partial charge in [-0.05, 0) is 25.8 Å². The first-order valence-electron chi connectivity index (χ1n) is 6.49. The molecule has 0 bridgehead atoms. The van der Waals surface area contributed by atoms with Crippen molar-refractivity contribution in [2.75, 3.05) is 20.2 Å². The summed E-state index contributed by atoms with van der Waals surface area (Å²) in [5.41, 5.74) is 1.65. The van der Waals surface area contributed by atoms with Gasteiger partial charge in [-0.1, -0.05) is 6.92 Å². The number of hydrogen-bond donors (Lipinski definition) is 1. The molecule has 1 saturated carbocycles. The summed E-state index contributed by atoms with van der Waals surface area (Å²) in [6.45, 7) is 4.53. The number of aromatic nitrogens is 2. The van der Waals surface area contributed by atoms with E-state index in [1.165, 1.54) is 12.1 Å². The minimum absolute atomic E-state index is 0.259. The standard InChI is InChI=1S/C13H21N3O/c1-13(3-4-14-8-13)12-7-15-9-16(12)10-5-11(6-10)17-2/h7,9-11,14H,3-6,8H2,1-2H3. The van der Waals surface area contributed by atoms with Crippen LogP contribution in [-0.4, -0.2) is 35.9 Å². The van der Waals surface area contributed by atoms with E-state index >= 15 is 0 Å². The molecule has 0 aromatic carbocycles. The van der Waals surface area contributed by atoms with Crippen LogP contribution in [0.5, 0.6) is 0 Å². The first kappa shape index (κ1) is 11.2. The van der Waals surface area contributed by atoms with E-state index in [0.29, 0.717) is 12.1 Å². The van der Waals surface area contributed by atoms with Gasteiger partial charge in [-0.15, -0.1) is 0 Å². The van der Waals surface area contributed by atoms with E-state index in [9.17, 15) is 0 Å². The first-order chi connectivity index (χ1) is 8.23. The molecule has 1 aromatic rings. The van der Waals surface area contributed by atoms with Gasteiger partial charge in [-0.25, -0.2) is 4.98 Å². The van der Waals surface area contributed by atoms with Gasteiger partial charge in [0.2, 0.25) is 0 Å². The number of methoxy groups -OCH3 is 1. The van der Waals surface area contributed by atoms with Gasteiger partial charge in [0, 0.05) is 37.0 Å². The van der Waals surface area contributed by atoms with Crippen LogP contribution < -0.4 is 5.32 Å². The van der Waals surface area contributed by atoms with Crippen molar-refractivity contribution in [2.24, 2.45) is 0 Å². The number of hydrogen-bond acceptors (Lipinski definition) is 3. The van der Waals surface area contributed by atoms with Gasteiger partial charge < -0.3 is 14.6 Å². The Hall–Kier alpha value is -0.870. The average Bonchev–Trinajstić information content (AvgIpc) is 2.86. The lowest BCUT2D eigenvalue weighted by Gasteiger charge is -2.38. The predicted molar refractivity (Wildman–Crippen MR) is 66.1 cm³/mol. The third-order valence-corrected chi connectivity index (χ3v) is 4.45. The predicted octanol–water partition coefficient (Wildman–Crippen LogP) is 1.48. The summed E-state index contributed by atoms with van der Waals surface area (Å²) < 4.78 is 7.74. The molecule has 4 heteroatoms. The summed E-state index contributed by atoms with van der Waals surface area (Å²) in [5.74, 6) is 0. The van der Waals surface area contributed by atoms with Crippen LogP contribution in [0.4, 0.5) is 0 Å². The molecule has 1 unspecified atom stereocenters. The van der Waals surface area contributed by atoms with E-state index in [4.69, 9.17) is 4.74 Å². The third kappa shape index (κ3) is 1.79. The summed E-state index contributed by atoms with van der Waals surface area (Å²) in [4.78, 5) is 4.36. The van der Waals surface area contributed by atoms with Crippen molar-refractivity contribution in [1.82, 2.24) is 14.9 Å². The number of rotatable bonds is 3. The Bertz CT molecular complexity index is 389. The van der Waals surface area contributed by atoms with Crippen LogP contribution in [0.3, 0.4) is 0 Å². The molecule has 1 aromatic heterocycles. The number of ether oxygens (including phenoxy) is 1. The highest BCUT2D eigenvalue weighted by Crippen LogP contribution is 2.38. The first-order valence-corrected chi connectivity index (χ1v) is 6.49. The maximum absolute atomic E-state index is 5.36. The Morgan fingerprint density at radius 3 is 3.00 bits per heavy atom. The lowest BCUT2D eigenvalue weighted by atomic mass is 9.83. The molecule has 2 fully saturated rings. The smallest absolute Gasteiger partial charge is 0.0951 e. The quantitative estimate of drug-likeness (QED) is 0.862. The second kappa shape index (κ2) is 4.10. The molecule has 0 amide bonds. The van der Waals surface area contributed by atoms with Crippen LogP contribution in [0, 0.1) is 0 Å². The van der Waals surface area contributed by atoms with E-state index in [2.05, 4.69) is 21.8 Å². The minimum Gasteiger partial charge on any atom is -0.381 e. The second-order valence-corrected chi connectivity index (χ2v) is 5.66. The largest absolute Gasteiger partial charge is 0.381 e. The molecule has 17 heavy (non-hydrogen) atoms. The lowest BCUT2D eigenvalue weighted by molar-refractivity contribution is 0.00469. The molecule has 1 aliphatic heterocycles. The molecule has 1 aliphatic carbocycles. The average molecular weight is 235 g/mol. The molecule has 4 nitrogen and oxygen atoms in total. The van der Waals surface area contributed by atoms with Gasteiger partial charge in [-0.3, -0.25) is 0 Å². The lowest BCUT2D eigenvalue weighted by Crippen LogP contribution is -2.36. The van der Waals surface area contributed by atoms with E-state index in [-0.39, 0.29) is 5.41 Å². The molecular formula is C13H21N3O. The van der Waals surface area contributed by atoms with Gasteiger partial charge in [0.25, 0.3) is 0 Å². The van der Waals surface area contributed by atoms with Crippen LogP contribution in [0.2, 0.25) is 0 Å². The van der Waals surface area contributed by atoms with Crippen LogP contribution in [0.25, 0.3) is 0 Å². The Morgan fingerprint density at radius 1 is 1.53 bits per heavy atom. The number of nitrogens with zero attached hydrogens (tertiary/aromatic N) is 2. The fraction of sp³-hybridized carbons (Fsp3) is 0.769. The fourth-order valence-electron chi connectivity index (χ4n) is 3.06. The van der Waals surface area contributed by atoms with Crippen molar-refractivity contribution in [3.8, 4) is 0 Å². The molecule has 1 saturated heterocycles. The van der Waals surface area contributed by atoms with Gasteiger partial charge in [0.1, 0.15) is 0 Å². The molecule has 2 heterocycles. The Kier molecular flexibility index (Phi) is 2.71. The highest BCUT2D eigenvalue weighted by Gasteiger charge is 2.37. The van der Waals surface area contributed by atoms with Gasteiger partial charge >= 0.3 is 0 Å². The second-order valence-electron chi connectivity index (χ2n) is 5.66. The maximum atomic E-state index is 5.36. The number of imidazole rings is 1. The van der Waals surface area contributed by atoms with E-state index < -0.39 is 0 Å². The van der Waals surface area contributed by atoms with Crippen molar-refractivity contribution in [3.63, 3.8) is 0 Å². The van der Waals surface area contributed by atoms with Crippen molar-refractivity contribution >= 4 is 0 Å². The Morgan fingerprint density at radius 2 is 2.35 bits per heavy atom. The Labute approximate surface area is 102 Å². The fourth-order valence-corrected chi connectivity index (χ4v) is 3.06. The van der Waals surface area contributed by atoms with E-state index in [1.54, 1.807) is 7.11 Å². The third-order valence-electron chi connectivity index (χ3n) is 4.45. The topological polar surface area (TPSA) is 39.1 Å². The molecule has 0 spiro atoms. The molecule has 2 aliphatic rings. The monoisotopic (exact) mass is 235 g/mol. The van der Waals surface area contributed by atoms with Crippen LogP contribution in [0.1, 0.15) is 37.9 Å². The molecular weight excluding hydrogens is 214 g/mol. The highest BCUT2D eigenvalue weighted by molar-refractivity contribution is 5.18. The summed E-state index contributed by atoms with van der Waals surface area (Å²) in [6.07, 6.45) is 7.96. The SMILES string of the molecule is COC1CC(n2cncc2C2(C)CCNC2)C1. The normalized spacial score (nSPS) is 37.1. The zero-order valence-corrected chi connectivity index (χ0v) is 10.6. The van der Waals surface area contributed by atoms with Crippen molar-refractivity contribution in [1.29, 1.82) is 0 Å². The van der Waals surface area contributed by atoms with E-state index in [0.717, 1.165) is 25.9 Å². The van der Waals surface area contributed by atoms with Gasteiger partial charge in [0.05, 0.1) is 12.4 Å². The zero-order chi connectivity index (χ0) is 11.9. The summed E-state index contributed by atoms with van der Waals surface area (Å²) >= 11 is 0. The summed E-state index contributed by atoms with van der Waals surface area (Å²) in [7, 11) is 1.80. The van der Waals surface area contributed by atoms with Crippen molar-refractivity contribution in [3.05, 3.63) is 18.2 Å². The summed E-state index contributed by atoms with van der Waals surface area (Å²) in [6, 6.07) is 0.592. The van der Waals surface area contributed by atoms with Crippen LogP contribution >= 0.6 is 0 Å². The van der Waals surface area contributed by atoms with Gasteiger partial charge in [-0.2, -0.15) is 0 Å². The zero-order valence-electron chi connectivity index (χ0n) is 10.6. The van der Waals surface area contributed by atoms with Crippen LogP contribution in [0.15, 0.2) is 12.5 Å². The molecule has 0 radical (unpaired) electrons. The maximum Gasteiger partial charge on any atom is 0.0951 e. The highest BCUT2D eigenvalue weighted by atomic mass is 16.5. The van der Waals surface area contributed by atoms with Crippen molar-refractivity contribution in [2.45, 2.75) is 43.7 Å². The minimum atomic E-state index is 0.259. The number of nitrogens with one attached hydrogen (secondary N) is 1. The van der Waals surface area contributed by atoms with Crippen molar-refractivity contribution < 1.29 is 4.74 Å².